The number of hydrogen-bond donors (Lipinski definition) is 2. The van der Waals surface area contributed by atoms with Crippen molar-refractivity contribution in [2.75, 3.05) is 46.8 Å². The van der Waals surface area contributed by atoms with Gasteiger partial charge in [-0.2, -0.15) is 0 Å². The Hall–Kier alpha value is -2.80. The van der Waals surface area contributed by atoms with E-state index in [0.717, 1.165) is 55.4 Å². The van der Waals surface area contributed by atoms with Gasteiger partial charge in [-0.25, -0.2) is 0 Å². The molecular formula is C24H35N5O2. The molecule has 1 aromatic heterocycles. The number of likely N-dealkylation sites (tertiary alicyclic amines) is 1. The van der Waals surface area contributed by atoms with Crippen LogP contribution in [0.1, 0.15) is 47.5 Å². The molecule has 0 saturated carbocycles. The molecule has 1 aliphatic rings. The Bertz CT molecular complexity index is 841. The maximum atomic E-state index is 12.2. The zero-order valence-corrected chi connectivity index (χ0v) is 18.9. The van der Waals surface area contributed by atoms with Gasteiger partial charge in [-0.1, -0.05) is 12.1 Å². The number of carbonyl (C=O) groups is 1. The maximum absolute atomic E-state index is 12.2. The van der Waals surface area contributed by atoms with Crippen LogP contribution in [0, 0.1) is 0 Å². The van der Waals surface area contributed by atoms with Crippen LogP contribution in [0.3, 0.4) is 0 Å². The lowest BCUT2D eigenvalue weighted by Gasteiger charge is -2.24. The third kappa shape index (κ3) is 6.59. The van der Waals surface area contributed by atoms with Gasteiger partial charge in [0.05, 0.1) is 18.8 Å². The highest BCUT2D eigenvalue weighted by molar-refractivity contribution is 5.94. The van der Waals surface area contributed by atoms with Gasteiger partial charge in [0.2, 0.25) is 0 Å². The molecule has 2 aromatic rings. The Balaban J connectivity index is 1.59. The number of carbonyl (C=O) groups excluding carboxylic acids is 1. The summed E-state index contributed by atoms with van der Waals surface area (Å²) in [7, 11) is 3.54. The number of amides is 1. The Labute approximate surface area is 185 Å². The van der Waals surface area contributed by atoms with Crippen LogP contribution in [0.15, 0.2) is 52.1 Å². The van der Waals surface area contributed by atoms with Crippen LogP contribution in [0.25, 0.3) is 0 Å². The topological polar surface area (TPSA) is 73.1 Å². The van der Waals surface area contributed by atoms with Crippen molar-refractivity contribution in [2.24, 2.45) is 4.99 Å². The van der Waals surface area contributed by atoms with Gasteiger partial charge in [-0.15, -0.1) is 0 Å². The highest BCUT2D eigenvalue weighted by Crippen LogP contribution is 2.25. The summed E-state index contributed by atoms with van der Waals surface area (Å²) in [5, 5.41) is 6.76. The molecule has 0 bridgehead atoms. The summed E-state index contributed by atoms with van der Waals surface area (Å²) in [5.74, 6) is 1.80. The number of nitrogens with zero attached hydrogens (tertiary/aromatic N) is 3. The number of nitrogens with one attached hydrogen (secondary N) is 2. The van der Waals surface area contributed by atoms with Crippen LogP contribution in [0.2, 0.25) is 0 Å². The monoisotopic (exact) mass is 425 g/mol. The van der Waals surface area contributed by atoms with E-state index in [1.54, 1.807) is 25.3 Å². The maximum Gasteiger partial charge on any atom is 0.253 e. The van der Waals surface area contributed by atoms with Gasteiger partial charge in [-0.3, -0.25) is 14.7 Å². The van der Waals surface area contributed by atoms with Crippen molar-refractivity contribution >= 4 is 11.9 Å². The van der Waals surface area contributed by atoms with Gasteiger partial charge < -0.3 is 20.0 Å². The van der Waals surface area contributed by atoms with Crippen LogP contribution in [-0.2, 0) is 6.42 Å². The van der Waals surface area contributed by atoms with Crippen LogP contribution in [0.4, 0.5) is 0 Å². The third-order valence-electron chi connectivity index (χ3n) is 5.51. The minimum atomic E-state index is 0.0237. The Morgan fingerprint density at radius 2 is 2.00 bits per heavy atom. The van der Waals surface area contributed by atoms with Crippen LogP contribution >= 0.6 is 0 Å². The second-order valence-electron chi connectivity index (χ2n) is 8.07. The van der Waals surface area contributed by atoms with Crippen LogP contribution in [-0.4, -0.2) is 68.5 Å². The molecule has 1 atom stereocenters. The predicted octanol–water partition coefficient (Wildman–Crippen LogP) is 2.92. The zero-order chi connectivity index (χ0) is 22.1. The van der Waals surface area contributed by atoms with E-state index in [-0.39, 0.29) is 11.9 Å². The highest BCUT2D eigenvalue weighted by atomic mass is 16.3. The summed E-state index contributed by atoms with van der Waals surface area (Å²) in [6, 6.07) is 12.0. The van der Waals surface area contributed by atoms with Gasteiger partial charge in [0, 0.05) is 32.7 Å². The van der Waals surface area contributed by atoms with Crippen molar-refractivity contribution in [2.45, 2.75) is 32.2 Å². The van der Waals surface area contributed by atoms with E-state index in [4.69, 9.17) is 9.41 Å². The average molecular weight is 426 g/mol. The lowest BCUT2D eigenvalue weighted by atomic mass is 10.1. The largest absolute Gasteiger partial charge is 0.468 e. The molecule has 7 nitrogen and oxygen atoms in total. The minimum Gasteiger partial charge on any atom is -0.468 e. The number of benzene rings is 1. The first-order chi connectivity index (χ1) is 15.1. The molecule has 0 aliphatic carbocycles. The second-order valence-corrected chi connectivity index (χ2v) is 8.07. The van der Waals surface area contributed by atoms with Crippen LogP contribution in [0.5, 0.6) is 0 Å². The minimum absolute atomic E-state index is 0.0237. The van der Waals surface area contributed by atoms with E-state index in [1.165, 1.54) is 12.8 Å². The molecule has 3 rings (SSSR count). The average Bonchev–Trinajstić information content (AvgIpc) is 3.48. The molecule has 168 valence electrons. The van der Waals surface area contributed by atoms with E-state index in [1.807, 2.05) is 30.3 Å². The molecule has 2 heterocycles. The van der Waals surface area contributed by atoms with Gasteiger partial charge >= 0.3 is 0 Å². The molecule has 7 heteroatoms. The molecule has 0 spiro atoms. The van der Waals surface area contributed by atoms with Crippen molar-refractivity contribution in [1.82, 2.24) is 20.4 Å². The number of hydrogen-bond acceptors (Lipinski definition) is 4. The highest BCUT2D eigenvalue weighted by Gasteiger charge is 2.25. The molecule has 2 N–H and O–H groups in total. The lowest BCUT2D eigenvalue weighted by Crippen LogP contribution is -2.39. The molecule has 31 heavy (non-hydrogen) atoms. The fourth-order valence-electron chi connectivity index (χ4n) is 3.88. The zero-order valence-electron chi connectivity index (χ0n) is 18.9. The van der Waals surface area contributed by atoms with E-state index in [9.17, 15) is 4.79 Å². The van der Waals surface area contributed by atoms with E-state index in [2.05, 4.69) is 28.5 Å². The molecule has 1 amide bonds. The SMILES string of the molecule is CCNC(=NCC(c1ccco1)N1CCCC1)NCCc1cccc(C(=O)N(C)C)c1. The fourth-order valence-corrected chi connectivity index (χ4v) is 3.88. The molecular weight excluding hydrogens is 390 g/mol. The van der Waals surface area contributed by atoms with Crippen molar-refractivity contribution in [3.05, 3.63) is 59.5 Å². The quantitative estimate of drug-likeness (QED) is 0.477. The van der Waals surface area contributed by atoms with Crippen LogP contribution < -0.4 is 10.6 Å². The standard InChI is InChI=1S/C24H35N5O2/c1-4-25-24(26-13-12-19-9-7-10-20(17-19)23(30)28(2)3)27-18-21(22-11-8-16-31-22)29-14-5-6-15-29/h7-11,16-17,21H,4-6,12-15,18H2,1-3H3,(H2,25,26,27). The van der Waals surface area contributed by atoms with Gasteiger partial charge in [0.25, 0.3) is 5.91 Å². The summed E-state index contributed by atoms with van der Waals surface area (Å²) >= 11 is 0. The number of furan rings is 1. The Morgan fingerprint density at radius 3 is 2.68 bits per heavy atom. The first-order valence-electron chi connectivity index (χ1n) is 11.2. The predicted molar refractivity (Wildman–Crippen MR) is 124 cm³/mol. The lowest BCUT2D eigenvalue weighted by molar-refractivity contribution is 0.0827. The first kappa shape index (κ1) is 22.9. The third-order valence-corrected chi connectivity index (χ3v) is 5.51. The molecule has 0 radical (unpaired) electrons. The number of guanidine groups is 1. The summed E-state index contributed by atoms with van der Waals surface area (Å²) in [4.78, 5) is 21.1. The van der Waals surface area contributed by atoms with Crippen molar-refractivity contribution in [3.63, 3.8) is 0 Å². The summed E-state index contributed by atoms with van der Waals surface area (Å²) in [6.07, 6.45) is 5.01. The van der Waals surface area contributed by atoms with Gasteiger partial charge in [-0.05, 0) is 69.1 Å². The molecule has 1 aromatic carbocycles. The Morgan fingerprint density at radius 1 is 1.19 bits per heavy atom. The summed E-state index contributed by atoms with van der Waals surface area (Å²) in [6.45, 7) is 6.43. The smallest absolute Gasteiger partial charge is 0.253 e. The fraction of sp³-hybridized carbons (Fsp3) is 0.500. The van der Waals surface area contributed by atoms with Gasteiger partial charge in [0.1, 0.15) is 5.76 Å². The second kappa shape index (κ2) is 11.6. The van der Waals surface area contributed by atoms with E-state index >= 15 is 0 Å². The van der Waals surface area contributed by atoms with E-state index < -0.39 is 0 Å². The molecule has 1 unspecified atom stereocenters. The normalized spacial score (nSPS) is 15.6. The van der Waals surface area contributed by atoms with Crippen molar-refractivity contribution in [3.8, 4) is 0 Å². The summed E-state index contributed by atoms with van der Waals surface area (Å²) < 4.78 is 5.70. The number of aliphatic imine (C=N–C) groups is 1. The van der Waals surface area contributed by atoms with Crippen molar-refractivity contribution in [1.29, 1.82) is 0 Å². The molecule has 1 fully saturated rings. The first-order valence-corrected chi connectivity index (χ1v) is 11.2. The van der Waals surface area contributed by atoms with Crippen molar-refractivity contribution < 1.29 is 9.21 Å². The van der Waals surface area contributed by atoms with E-state index in [0.29, 0.717) is 6.54 Å². The molecule has 1 saturated heterocycles. The molecule has 1 aliphatic heterocycles. The van der Waals surface area contributed by atoms with Gasteiger partial charge in [0.15, 0.2) is 5.96 Å². The Kier molecular flexibility index (Phi) is 8.53. The number of rotatable bonds is 9. The summed E-state index contributed by atoms with van der Waals surface area (Å²) in [5.41, 5.74) is 1.84.